The average molecular weight is 207 g/mol. The van der Waals surface area contributed by atoms with E-state index in [0.29, 0.717) is 12.3 Å². The van der Waals surface area contributed by atoms with Gasteiger partial charge in [-0.25, -0.2) is 0 Å². The molecule has 1 fully saturated rings. The summed E-state index contributed by atoms with van der Waals surface area (Å²) in [6.45, 7) is 4.16. The molecule has 1 aliphatic rings. The largest absolute Gasteiger partial charge is 0.353 e. The molecule has 2 unspecified atom stereocenters. The number of aromatic nitrogens is 2. The monoisotopic (exact) mass is 207 g/mol. The summed E-state index contributed by atoms with van der Waals surface area (Å²) in [5.74, 6) is 0.444. The minimum atomic E-state index is 0.151. The van der Waals surface area contributed by atoms with E-state index in [1.807, 2.05) is 17.9 Å². The number of rotatable bonds is 2. The summed E-state index contributed by atoms with van der Waals surface area (Å²) in [5, 5.41) is 7.36. The van der Waals surface area contributed by atoms with Gasteiger partial charge in [0.15, 0.2) is 0 Å². The first-order valence-corrected chi connectivity index (χ1v) is 5.43. The predicted molar refractivity (Wildman–Crippen MR) is 57.5 cm³/mol. The quantitative estimate of drug-likeness (QED) is 0.785. The lowest BCUT2D eigenvalue weighted by Crippen LogP contribution is -2.24. The Hall–Kier alpha value is -1.32. The van der Waals surface area contributed by atoms with Crippen molar-refractivity contribution in [2.24, 2.45) is 7.05 Å². The fourth-order valence-corrected chi connectivity index (χ4v) is 2.31. The third-order valence-corrected chi connectivity index (χ3v) is 3.07. The molecular weight excluding hydrogens is 190 g/mol. The number of amides is 1. The van der Waals surface area contributed by atoms with Crippen molar-refractivity contribution < 1.29 is 4.79 Å². The van der Waals surface area contributed by atoms with Gasteiger partial charge in [0.2, 0.25) is 5.91 Å². The summed E-state index contributed by atoms with van der Waals surface area (Å²) >= 11 is 0. The van der Waals surface area contributed by atoms with E-state index in [1.165, 1.54) is 5.56 Å². The molecule has 0 bridgehead atoms. The highest BCUT2D eigenvalue weighted by molar-refractivity contribution is 5.80. The third-order valence-electron chi connectivity index (χ3n) is 3.07. The highest BCUT2D eigenvalue weighted by Crippen LogP contribution is 2.30. The van der Waals surface area contributed by atoms with Crippen molar-refractivity contribution in [3.8, 4) is 0 Å². The second kappa shape index (κ2) is 3.68. The molecule has 1 amide bonds. The molecule has 1 aromatic rings. The van der Waals surface area contributed by atoms with E-state index in [4.69, 9.17) is 0 Å². The fraction of sp³-hybridized carbons (Fsp3) is 0.636. The SMILES string of the molecule is CCc1nn(C)cc1C1CC(=O)NC1C. The molecule has 1 aromatic heterocycles. The summed E-state index contributed by atoms with van der Waals surface area (Å²) in [6, 6.07) is 0.229. The maximum Gasteiger partial charge on any atom is 0.220 e. The first-order valence-electron chi connectivity index (χ1n) is 5.43. The summed E-state index contributed by atoms with van der Waals surface area (Å²) in [4.78, 5) is 11.3. The zero-order chi connectivity index (χ0) is 11.0. The molecule has 1 aliphatic heterocycles. The van der Waals surface area contributed by atoms with Crippen LogP contribution in [0.4, 0.5) is 0 Å². The Bertz CT molecular complexity index is 383. The second-order valence-corrected chi connectivity index (χ2v) is 4.23. The van der Waals surface area contributed by atoms with Crippen LogP contribution in [0.25, 0.3) is 0 Å². The lowest BCUT2D eigenvalue weighted by molar-refractivity contribution is -0.119. The highest BCUT2D eigenvalue weighted by atomic mass is 16.1. The van der Waals surface area contributed by atoms with E-state index in [0.717, 1.165) is 12.1 Å². The van der Waals surface area contributed by atoms with Gasteiger partial charge in [0.25, 0.3) is 0 Å². The standard InChI is InChI=1S/C11H17N3O/c1-4-10-9(6-14(3)13-10)8-5-11(15)12-7(8)2/h6-8H,4-5H2,1-3H3,(H,12,15). The Morgan fingerprint density at radius 3 is 2.93 bits per heavy atom. The zero-order valence-corrected chi connectivity index (χ0v) is 9.45. The summed E-state index contributed by atoms with van der Waals surface area (Å²) < 4.78 is 1.84. The molecule has 82 valence electrons. The van der Waals surface area contributed by atoms with Crippen molar-refractivity contribution in [3.63, 3.8) is 0 Å². The van der Waals surface area contributed by atoms with Crippen LogP contribution in [-0.4, -0.2) is 21.7 Å². The molecule has 4 nitrogen and oxygen atoms in total. The van der Waals surface area contributed by atoms with Gasteiger partial charge in [-0.2, -0.15) is 5.10 Å². The van der Waals surface area contributed by atoms with Gasteiger partial charge in [-0.05, 0) is 18.9 Å². The third kappa shape index (κ3) is 1.76. The van der Waals surface area contributed by atoms with E-state index < -0.39 is 0 Å². The molecule has 0 spiro atoms. The van der Waals surface area contributed by atoms with Gasteiger partial charge in [0, 0.05) is 31.6 Å². The topological polar surface area (TPSA) is 46.9 Å². The first kappa shape index (κ1) is 10.2. The van der Waals surface area contributed by atoms with E-state index in [9.17, 15) is 4.79 Å². The molecule has 1 N–H and O–H groups in total. The number of hydrogen-bond acceptors (Lipinski definition) is 2. The lowest BCUT2D eigenvalue weighted by Gasteiger charge is -2.13. The van der Waals surface area contributed by atoms with Crippen LogP contribution < -0.4 is 5.32 Å². The lowest BCUT2D eigenvalue weighted by atomic mass is 9.92. The van der Waals surface area contributed by atoms with Crippen LogP contribution in [0.1, 0.15) is 37.4 Å². The second-order valence-electron chi connectivity index (χ2n) is 4.23. The van der Waals surface area contributed by atoms with Gasteiger partial charge in [-0.1, -0.05) is 6.92 Å². The summed E-state index contributed by atoms with van der Waals surface area (Å²) in [7, 11) is 1.93. The van der Waals surface area contributed by atoms with E-state index in [-0.39, 0.29) is 11.9 Å². The Labute approximate surface area is 89.7 Å². The molecule has 1 saturated heterocycles. The van der Waals surface area contributed by atoms with E-state index in [2.05, 4.69) is 24.3 Å². The normalized spacial score (nSPS) is 25.7. The molecule has 15 heavy (non-hydrogen) atoms. The van der Waals surface area contributed by atoms with Gasteiger partial charge in [-0.15, -0.1) is 0 Å². The summed E-state index contributed by atoms with van der Waals surface area (Å²) in [6.07, 6.45) is 3.56. The molecular formula is C11H17N3O. The minimum Gasteiger partial charge on any atom is -0.353 e. The van der Waals surface area contributed by atoms with Gasteiger partial charge in [-0.3, -0.25) is 9.48 Å². The van der Waals surface area contributed by atoms with Crippen molar-refractivity contribution in [1.29, 1.82) is 0 Å². The van der Waals surface area contributed by atoms with Crippen molar-refractivity contribution in [1.82, 2.24) is 15.1 Å². The number of hydrogen-bond donors (Lipinski definition) is 1. The van der Waals surface area contributed by atoms with Gasteiger partial charge < -0.3 is 5.32 Å². The predicted octanol–water partition coefficient (Wildman–Crippen LogP) is 0.974. The van der Waals surface area contributed by atoms with Crippen LogP contribution in [0, 0.1) is 0 Å². The first-order chi connectivity index (χ1) is 7.11. The Balaban J connectivity index is 2.32. The molecule has 0 radical (unpaired) electrons. The molecule has 2 atom stereocenters. The van der Waals surface area contributed by atoms with Crippen LogP contribution in [0.3, 0.4) is 0 Å². The van der Waals surface area contributed by atoms with Crippen molar-refractivity contribution in [3.05, 3.63) is 17.5 Å². The number of carbonyl (C=O) groups is 1. The number of nitrogens with one attached hydrogen (secondary N) is 1. The molecule has 2 rings (SSSR count). The number of aryl methyl sites for hydroxylation is 2. The Kier molecular flexibility index (Phi) is 2.50. The van der Waals surface area contributed by atoms with Crippen molar-refractivity contribution >= 4 is 5.91 Å². The van der Waals surface area contributed by atoms with Crippen LogP contribution >= 0.6 is 0 Å². The van der Waals surface area contributed by atoms with Crippen LogP contribution in [0.5, 0.6) is 0 Å². The smallest absolute Gasteiger partial charge is 0.220 e. The molecule has 4 heteroatoms. The van der Waals surface area contributed by atoms with Crippen molar-refractivity contribution in [2.75, 3.05) is 0 Å². The molecule has 0 saturated carbocycles. The van der Waals surface area contributed by atoms with Crippen LogP contribution in [-0.2, 0) is 18.3 Å². The zero-order valence-electron chi connectivity index (χ0n) is 9.45. The van der Waals surface area contributed by atoms with E-state index >= 15 is 0 Å². The maximum atomic E-state index is 11.3. The fourth-order valence-electron chi connectivity index (χ4n) is 2.31. The number of carbonyl (C=O) groups excluding carboxylic acids is 1. The van der Waals surface area contributed by atoms with E-state index in [1.54, 1.807) is 0 Å². The summed E-state index contributed by atoms with van der Waals surface area (Å²) in [5.41, 5.74) is 2.34. The molecule has 2 heterocycles. The Morgan fingerprint density at radius 2 is 2.40 bits per heavy atom. The van der Waals surface area contributed by atoms with Crippen molar-refractivity contribution in [2.45, 2.75) is 38.6 Å². The average Bonchev–Trinajstić information content (AvgIpc) is 2.69. The Morgan fingerprint density at radius 1 is 1.67 bits per heavy atom. The minimum absolute atomic E-state index is 0.151. The van der Waals surface area contributed by atoms with Crippen LogP contribution in [0.2, 0.25) is 0 Å². The highest BCUT2D eigenvalue weighted by Gasteiger charge is 2.32. The number of nitrogens with zero attached hydrogens (tertiary/aromatic N) is 2. The maximum absolute atomic E-state index is 11.3. The molecule has 0 aromatic carbocycles. The van der Waals surface area contributed by atoms with Gasteiger partial charge in [0.1, 0.15) is 0 Å². The van der Waals surface area contributed by atoms with Crippen LogP contribution in [0.15, 0.2) is 6.20 Å². The van der Waals surface area contributed by atoms with Gasteiger partial charge in [0.05, 0.1) is 5.69 Å². The van der Waals surface area contributed by atoms with Gasteiger partial charge >= 0.3 is 0 Å². The molecule has 0 aliphatic carbocycles.